The second kappa shape index (κ2) is 4.78. The van der Waals surface area contributed by atoms with Crippen molar-refractivity contribution in [2.24, 2.45) is 5.92 Å². The Kier molecular flexibility index (Phi) is 3.25. The number of nitrogens with zero attached hydrogens (tertiary/aromatic N) is 3. The second-order valence-corrected chi connectivity index (χ2v) is 6.26. The first-order chi connectivity index (χ1) is 9.11. The van der Waals surface area contributed by atoms with Crippen molar-refractivity contribution in [3.8, 4) is 0 Å². The normalized spacial score (nSPS) is 23.8. The summed E-state index contributed by atoms with van der Waals surface area (Å²) in [5.41, 5.74) is 3.01. The molecule has 0 N–H and O–H groups in total. The Morgan fingerprint density at radius 1 is 1.42 bits per heavy atom. The van der Waals surface area contributed by atoms with Gasteiger partial charge in [0.1, 0.15) is 11.3 Å². The van der Waals surface area contributed by atoms with Crippen LogP contribution in [-0.2, 0) is 0 Å². The average molecular weight is 278 g/mol. The molecule has 2 heterocycles. The fourth-order valence-corrected chi connectivity index (χ4v) is 3.08. The van der Waals surface area contributed by atoms with Gasteiger partial charge in [0.2, 0.25) is 0 Å². The molecule has 0 aliphatic heterocycles. The van der Waals surface area contributed by atoms with Gasteiger partial charge >= 0.3 is 0 Å². The van der Waals surface area contributed by atoms with Crippen LogP contribution < -0.4 is 0 Å². The molecular weight excluding hydrogens is 258 g/mol. The molecule has 3 atom stereocenters. The Bertz CT molecular complexity index is 603. The minimum atomic E-state index is -0.0719. The van der Waals surface area contributed by atoms with Crippen molar-refractivity contribution in [3.05, 3.63) is 23.7 Å². The van der Waals surface area contributed by atoms with Gasteiger partial charge in [0.05, 0.1) is 5.38 Å². The van der Waals surface area contributed by atoms with Gasteiger partial charge in [-0.05, 0) is 44.7 Å². The van der Waals surface area contributed by atoms with E-state index in [4.69, 9.17) is 11.6 Å². The minimum Gasteiger partial charge on any atom is -0.308 e. The van der Waals surface area contributed by atoms with Gasteiger partial charge in [0, 0.05) is 11.7 Å². The molecule has 3 nitrogen and oxygen atoms in total. The average Bonchev–Trinajstić information content (AvgIpc) is 3.00. The minimum absolute atomic E-state index is 0.0719. The van der Waals surface area contributed by atoms with Gasteiger partial charge in [-0.1, -0.05) is 13.3 Å². The Hall–Kier alpha value is -1.09. The van der Waals surface area contributed by atoms with E-state index in [0.717, 1.165) is 28.6 Å². The van der Waals surface area contributed by atoms with Crippen molar-refractivity contribution in [3.63, 3.8) is 0 Å². The molecule has 0 radical (unpaired) electrons. The smallest absolute Gasteiger partial charge is 0.160 e. The summed E-state index contributed by atoms with van der Waals surface area (Å²) < 4.78 is 2.29. The number of rotatable bonds is 4. The molecular formula is C15H20ClN3. The molecule has 0 aromatic carbocycles. The number of aromatic nitrogens is 3. The number of alkyl halides is 1. The highest BCUT2D eigenvalue weighted by atomic mass is 35.5. The van der Waals surface area contributed by atoms with Gasteiger partial charge in [-0.15, -0.1) is 11.6 Å². The van der Waals surface area contributed by atoms with Crippen molar-refractivity contribution < 1.29 is 0 Å². The first-order valence-electron chi connectivity index (χ1n) is 7.11. The predicted molar refractivity (Wildman–Crippen MR) is 78.6 cm³/mol. The summed E-state index contributed by atoms with van der Waals surface area (Å²) in [6.07, 6.45) is 3.77. The second-order valence-electron chi connectivity index (χ2n) is 5.60. The molecule has 1 aliphatic rings. The van der Waals surface area contributed by atoms with Crippen LogP contribution in [0.4, 0.5) is 0 Å². The lowest BCUT2D eigenvalue weighted by molar-refractivity contribution is 0.595. The van der Waals surface area contributed by atoms with E-state index in [-0.39, 0.29) is 5.38 Å². The number of pyridine rings is 1. The van der Waals surface area contributed by atoms with Crippen molar-refractivity contribution >= 4 is 22.8 Å². The number of fused-ring (bicyclic) bond motifs is 1. The maximum atomic E-state index is 6.31. The third-order valence-corrected chi connectivity index (χ3v) is 4.13. The van der Waals surface area contributed by atoms with E-state index in [9.17, 15) is 0 Å². The summed E-state index contributed by atoms with van der Waals surface area (Å²) in [6.45, 7) is 6.26. The summed E-state index contributed by atoms with van der Waals surface area (Å²) in [7, 11) is 0. The summed E-state index contributed by atoms with van der Waals surface area (Å²) >= 11 is 6.31. The number of hydrogen-bond donors (Lipinski definition) is 0. The van der Waals surface area contributed by atoms with Crippen molar-refractivity contribution in [1.29, 1.82) is 0 Å². The van der Waals surface area contributed by atoms with Crippen molar-refractivity contribution in [1.82, 2.24) is 14.5 Å². The Labute approximate surface area is 119 Å². The van der Waals surface area contributed by atoms with Crippen LogP contribution in [0, 0.1) is 12.8 Å². The molecule has 19 heavy (non-hydrogen) atoms. The van der Waals surface area contributed by atoms with Crippen LogP contribution in [0.15, 0.2) is 12.1 Å². The molecule has 1 saturated carbocycles. The number of hydrogen-bond acceptors (Lipinski definition) is 2. The molecule has 1 fully saturated rings. The van der Waals surface area contributed by atoms with E-state index in [1.165, 1.54) is 19.3 Å². The monoisotopic (exact) mass is 277 g/mol. The molecule has 0 amide bonds. The number of aryl methyl sites for hydroxylation is 1. The highest BCUT2D eigenvalue weighted by Gasteiger charge is 2.40. The van der Waals surface area contributed by atoms with E-state index in [2.05, 4.69) is 21.5 Å². The highest BCUT2D eigenvalue weighted by molar-refractivity contribution is 6.20. The van der Waals surface area contributed by atoms with E-state index in [1.54, 1.807) is 0 Å². The van der Waals surface area contributed by atoms with Gasteiger partial charge in [0.15, 0.2) is 5.65 Å². The zero-order chi connectivity index (χ0) is 13.6. The van der Waals surface area contributed by atoms with Gasteiger partial charge < -0.3 is 4.57 Å². The molecule has 2 aromatic rings. The Balaban J connectivity index is 2.09. The lowest BCUT2D eigenvalue weighted by Crippen LogP contribution is -2.05. The maximum Gasteiger partial charge on any atom is 0.160 e. The third-order valence-electron chi connectivity index (χ3n) is 3.94. The third kappa shape index (κ3) is 2.25. The molecule has 3 unspecified atom stereocenters. The van der Waals surface area contributed by atoms with E-state index >= 15 is 0 Å². The topological polar surface area (TPSA) is 30.7 Å². The molecule has 0 bridgehead atoms. The summed E-state index contributed by atoms with van der Waals surface area (Å²) in [5, 5.41) is -0.0719. The molecule has 102 valence electrons. The Morgan fingerprint density at radius 3 is 2.89 bits per heavy atom. The van der Waals surface area contributed by atoms with E-state index < -0.39 is 0 Å². The van der Waals surface area contributed by atoms with Crippen LogP contribution >= 0.6 is 11.6 Å². The zero-order valence-corrected chi connectivity index (χ0v) is 12.5. The largest absolute Gasteiger partial charge is 0.308 e. The Morgan fingerprint density at radius 2 is 2.21 bits per heavy atom. The molecule has 2 aromatic heterocycles. The summed E-state index contributed by atoms with van der Waals surface area (Å²) in [6, 6.07) is 4.61. The molecule has 1 aliphatic carbocycles. The fraction of sp³-hybridized carbons (Fsp3) is 0.600. The maximum absolute atomic E-state index is 6.31. The van der Waals surface area contributed by atoms with E-state index in [0.29, 0.717) is 6.04 Å². The number of imidazole rings is 1. The van der Waals surface area contributed by atoms with Crippen molar-refractivity contribution in [2.45, 2.75) is 51.5 Å². The van der Waals surface area contributed by atoms with Crippen LogP contribution in [0.3, 0.4) is 0 Å². The van der Waals surface area contributed by atoms with Crippen LogP contribution in [0.5, 0.6) is 0 Å². The van der Waals surface area contributed by atoms with Crippen LogP contribution in [0.2, 0.25) is 0 Å². The lowest BCUT2D eigenvalue weighted by Gasteiger charge is -2.09. The van der Waals surface area contributed by atoms with Crippen LogP contribution in [0.25, 0.3) is 11.2 Å². The standard InChI is InChI=1S/C15H20ClN3/c1-4-5-11-8-13(11)19-14(10(3)16)18-12-7-6-9(2)17-15(12)19/h6-7,10-11,13H,4-5,8H2,1-3H3. The first kappa shape index (κ1) is 12.9. The van der Waals surface area contributed by atoms with Gasteiger partial charge in [-0.3, -0.25) is 0 Å². The summed E-state index contributed by atoms with van der Waals surface area (Å²) in [5.74, 6) is 1.75. The molecule has 4 heteroatoms. The van der Waals surface area contributed by atoms with Crippen molar-refractivity contribution in [2.75, 3.05) is 0 Å². The predicted octanol–water partition coefficient (Wildman–Crippen LogP) is 4.40. The number of halogens is 1. The quantitative estimate of drug-likeness (QED) is 0.776. The van der Waals surface area contributed by atoms with E-state index in [1.807, 2.05) is 26.0 Å². The highest BCUT2D eigenvalue weighted by Crippen LogP contribution is 2.49. The molecule has 3 rings (SSSR count). The molecule has 0 saturated heterocycles. The van der Waals surface area contributed by atoms with Crippen LogP contribution in [-0.4, -0.2) is 14.5 Å². The SMILES string of the molecule is CCCC1CC1n1c(C(C)Cl)nc2ccc(C)nc21. The summed E-state index contributed by atoms with van der Waals surface area (Å²) in [4.78, 5) is 9.35. The zero-order valence-electron chi connectivity index (χ0n) is 11.7. The first-order valence-corrected chi connectivity index (χ1v) is 7.55. The van der Waals surface area contributed by atoms with Crippen LogP contribution in [0.1, 0.15) is 56.0 Å². The fourth-order valence-electron chi connectivity index (χ4n) is 2.92. The lowest BCUT2D eigenvalue weighted by atomic mass is 10.2. The molecule has 0 spiro atoms. The van der Waals surface area contributed by atoms with Gasteiger partial charge in [-0.2, -0.15) is 0 Å². The van der Waals surface area contributed by atoms with Gasteiger partial charge in [-0.25, -0.2) is 9.97 Å². The van der Waals surface area contributed by atoms with Gasteiger partial charge in [0.25, 0.3) is 0 Å².